The fourth-order valence-electron chi connectivity index (χ4n) is 2.25. The molecule has 0 aliphatic rings. The minimum atomic E-state index is -0.618. The lowest BCUT2D eigenvalue weighted by Crippen LogP contribution is -2.24. The highest BCUT2D eigenvalue weighted by molar-refractivity contribution is 5.21. The van der Waals surface area contributed by atoms with E-state index in [1.165, 1.54) is 12.1 Å². The minimum Gasteiger partial charge on any atom is -0.339 e. The Balaban J connectivity index is 1.99. The van der Waals surface area contributed by atoms with Gasteiger partial charge in [-0.3, -0.25) is 0 Å². The van der Waals surface area contributed by atoms with Crippen LogP contribution in [-0.4, -0.2) is 16.2 Å². The van der Waals surface area contributed by atoms with Crippen molar-refractivity contribution in [2.75, 3.05) is 0 Å². The molecule has 6 heteroatoms. The molecule has 0 bridgehead atoms. The maximum atomic E-state index is 13.1. The van der Waals surface area contributed by atoms with Crippen molar-refractivity contribution in [3.05, 3.63) is 47.1 Å². The maximum Gasteiger partial charge on any atom is 0.228 e. The van der Waals surface area contributed by atoms with Crippen LogP contribution in [0.2, 0.25) is 0 Å². The number of rotatable bonds is 6. The van der Waals surface area contributed by atoms with Gasteiger partial charge in [-0.2, -0.15) is 4.98 Å². The first kappa shape index (κ1) is 15.6. The fourth-order valence-corrected chi connectivity index (χ4v) is 2.25. The van der Waals surface area contributed by atoms with Crippen molar-refractivity contribution in [1.29, 1.82) is 0 Å². The summed E-state index contributed by atoms with van der Waals surface area (Å²) in [5, 5.41) is 3.82. The third-order valence-electron chi connectivity index (χ3n) is 3.01. The van der Waals surface area contributed by atoms with Gasteiger partial charge in [0.25, 0.3) is 0 Å². The zero-order valence-electron chi connectivity index (χ0n) is 12.1. The van der Waals surface area contributed by atoms with Gasteiger partial charge in [0, 0.05) is 24.9 Å². The Bertz CT molecular complexity index is 578. The van der Waals surface area contributed by atoms with Crippen LogP contribution >= 0.6 is 0 Å². The number of halogens is 2. The van der Waals surface area contributed by atoms with E-state index in [2.05, 4.69) is 24.0 Å². The van der Waals surface area contributed by atoms with Crippen molar-refractivity contribution in [3.63, 3.8) is 0 Å². The molecule has 4 nitrogen and oxygen atoms in total. The first-order chi connectivity index (χ1) is 9.92. The summed E-state index contributed by atoms with van der Waals surface area (Å²) in [5.41, 5.74) is 6.45. The van der Waals surface area contributed by atoms with Crippen LogP contribution in [0.3, 0.4) is 0 Å². The quantitative estimate of drug-likeness (QED) is 0.890. The van der Waals surface area contributed by atoms with E-state index in [1.54, 1.807) is 0 Å². The van der Waals surface area contributed by atoms with E-state index in [0.717, 1.165) is 12.5 Å². The second-order valence-corrected chi connectivity index (χ2v) is 5.65. The molecule has 0 saturated carbocycles. The van der Waals surface area contributed by atoms with Crippen LogP contribution in [0.1, 0.15) is 37.5 Å². The molecule has 1 aromatic heterocycles. The summed E-state index contributed by atoms with van der Waals surface area (Å²) < 4.78 is 31.3. The largest absolute Gasteiger partial charge is 0.339 e. The first-order valence-corrected chi connectivity index (χ1v) is 6.94. The number of hydrogen-bond acceptors (Lipinski definition) is 4. The molecule has 0 spiro atoms. The zero-order valence-corrected chi connectivity index (χ0v) is 12.1. The second kappa shape index (κ2) is 6.76. The summed E-state index contributed by atoms with van der Waals surface area (Å²) in [4.78, 5) is 4.21. The summed E-state index contributed by atoms with van der Waals surface area (Å²) in [6.07, 6.45) is 1.59. The maximum absolute atomic E-state index is 13.1. The van der Waals surface area contributed by atoms with Gasteiger partial charge in [-0.15, -0.1) is 0 Å². The van der Waals surface area contributed by atoms with E-state index in [9.17, 15) is 8.78 Å². The van der Waals surface area contributed by atoms with Gasteiger partial charge >= 0.3 is 0 Å². The van der Waals surface area contributed by atoms with Crippen LogP contribution in [-0.2, 0) is 12.8 Å². The number of aromatic nitrogens is 2. The summed E-state index contributed by atoms with van der Waals surface area (Å²) in [6.45, 7) is 4.19. The van der Waals surface area contributed by atoms with Crippen molar-refractivity contribution in [2.45, 2.75) is 39.2 Å². The van der Waals surface area contributed by atoms with Gasteiger partial charge in [-0.1, -0.05) is 19.0 Å². The van der Waals surface area contributed by atoms with E-state index in [1.807, 2.05) is 0 Å². The lowest BCUT2D eigenvalue weighted by Gasteiger charge is -2.10. The van der Waals surface area contributed by atoms with Crippen molar-refractivity contribution in [1.82, 2.24) is 10.1 Å². The van der Waals surface area contributed by atoms with Crippen LogP contribution in [0, 0.1) is 17.6 Å². The molecular formula is C15H19F2N3O. The number of nitrogens with two attached hydrogens (primary N) is 1. The van der Waals surface area contributed by atoms with E-state index < -0.39 is 11.6 Å². The normalized spacial score (nSPS) is 12.9. The van der Waals surface area contributed by atoms with Crippen molar-refractivity contribution in [2.24, 2.45) is 11.7 Å². The van der Waals surface area contributed by atoms with Crippen molar-refractivity contribution < 1.29 is 13.3 Å². The molecule has 114 valence electrons. The average molecular weight is 295 g/mol. The SMILES string of the molecule is CC(C)CC(N)Cc1nc(Cc2cc(F)cc(F)c2)no1. The van der Waals surface area contributed by atoms with Gasteiger partial charge in [-0.25, -0.2) is 8.78 Å². The lowest BCUT2D eigenvalue weighted by molar-refractivity contribution is 0.355. The smallest absolute Gasteiger partial charge is 0.228 e. The molecule has 0 saturated heterocycles. The van der Waals surface area contributed by atoms with E-state index in [0.29, 0.717) is 29.6 Å². The minimum absolute atomic E-state index is 0.0371. The lowest BCUT2D eigenvalue weighted by atomic mass is 10.0. The van der Waals surface area contributed by atoms with E-state index >= 15 is 0 Å². The Kier molecular flexibility index (Phi) is 5.01. The van der Waals surface area contributed by atoms with Gasteiger partial charge in [0.1, 0.15) is 11.6 Å². The van der Waals surface area contributed by atoms with Crippen LogP contribution in [0.15, 0.2) is 22.7 Å². The van der Waals surface area contributed by atoms with Gasteiger partial charge in [-0.05, 0) is 30.0 Å². The molecule has 1 aromatic carbocycles. The molecule has 2 rings (SSSR count). The Hall–Kier alpha value is -1.82. The molecule has 1 heterocycles. The number of benzene rings is 1. The van der Waals surface area contributed by atoms with Crippen LogP contribution in [0.4, 0.5) is 8.78 Å². The molecule has 1 atom stereocenters. The highest BCUT2D eigenvalue weighted by atomic mass is 19.1. The van der Waals surface area contributed by atoms with Crippen LogP contribution < -0.4 is 5.73 Å². The van der Waals surface area contributed by atoms with Gasteiger partial charge in [0.2, 0.25) is 5.89 Å². The predicted molar refractivity (Wildman–Crippen MR) is 74.6 cm³/mol. The van der Waals surface area contributed by atoms with Crippen molar-refractivity contribution >= 4 is 0 Å². The topological polar surface area (TPSA) is 64.9 Å². The predicted octanol–water partition coefficient (Wildman–Crippen LogP) is 2.85. The molecule has 0 aliphatic carbocycles. The summed E-state index contributed by atoms with van der Waals surface area (Å²) in [6, 6.07) is 3.30. The second-order valence-electron chi connectivity index (χ2n) is 5.65. The Labute approximate surface area is 122 Å². The fraction of sp³-hybridized carbons (Fsp3) is 0.467. The highest BCUT2D eigenvalue weighted by Crippen LogP contribution is 2.13. The molecule has 0 amide bonds. The zero-order chi connectivity index (χ0) is 15.4. The molecule has 0 fully saturated rings. The Morgan fingerprint density at radius 2 is 1.86 bits per heavy atom. The van der Waals surface area contributed by atoms with Crippen molar-refractivity contribution in [3.8, 4) is 0 Å². The van der Waals surface area contributed by atoms with E-state index in [-0.39, 0.29) is 12.5 Å². The Morgan fingerprint density at radius 3 is 2.48 bits per heavy atom. The monoisotopic (exact) mass is 295 g/mol. The van der Waals surface area contributed by atoms with Gasteiger partial charge in [0.15, 0.2) is 5.82 Å². The average Bonchev–Trinajstić information content (AvgIpc) is 2.73. The molecule has 2 aromatic rings. The summed E-state index contributed by atoms with van der Waals surface area (Å²) in [7, 11) is 0. The number of nitrogens with zero attached hydrogens (tertiary/aromatic N) is 2. The molecule has 21 heavy (non-hydrogen) atoms. The summed E-state index contributed by atoms with van der Waals surface area (Å²) >= 11 is 0. The molecule has 0 radical (unpaired) electrons. The standard InChI is InChI=1S/C15H19F2N3O/c1-9(2)3-13(18)8-15-19-14(20-21-15)6-10-4-11(16)7-12(17)5-10/h4-5,7,9,13H,3,6,8,18H2,1-2H3. The third kappa shape index (κ3) is 4.90. The molecule has 1 unspecified atom stereocenters. The van der Waals surface area contributed by atoms with Crippen LogP contribution in [0.25, 0.3) is 0 Å². The van der Waals surface area contributed by atoms with E-state index in [4.69, 9.17) is 10.3 Å². The van der Waals surface area contributed by atoms with Crippen LogP contribution in [0.5, 0.6) is 0 Å². The molecule has 0 aliphatic heterocycles. The molecule has 2 N–H and O–H groups in total. The Morgan fingerprint density at radius 1 is 1.19 bits per heavy atom. The summed E-state index contributed by atoms with van der Waals surface area (Å²) in [5.74, 6) is 0.111. The van der Waals surface area contributed by atoms with Gasteiger partial charge in [0.05, 0.1) is 0 Å². The number of hydrogen-bond donors (Lipinski definition) is 1. The first-order valence-electron chi connectivity index (χ1n) is 6.94. The molecular weight excluding hydrogens is 276 g/mol. The van der Waals surface area contributed by atoms with Gasteiger partial charge < -0.3 is 10.3 Å². The highest BCUT2D eigenvalue weighted by Gasteiger charge is 2.13. The third-order valence-corrected chi connectivity index (χ3v) is 3.01.